The van der Waals surface area contributed by atoms with Crippen molar-refractivity contribution in [3.8, 4) is 5.69 Å². The lowest BCUT2D eigenvalue weighted by Gasteiger charge is -2.14. The lowest BCUT2D eigenvalue weighted by molar-refractivity contribution is -0.120. The summed E-state index contributed by atoms with van der Waals surface area (Å²) in [5.41, 5.74) is 3.10. The van der Waals surface area contributed by atoms with E-state index in [0.29, 0.717) is 6.54 Å². The third-order valence-electron chi connectivity index (χ3n) is 4.22. The molecule has 0 aliphatic carbocycles. The Morgan fingerprint density at radius 2 is 1.96 bits per heavy atom. The SMILES string of the molecule is CNCC(=O)N[C@@H](C)c1cnn(-c2cccc3ccccc23)c1C. The molecule has 0 aliphatic heterocycles. The number of amides is 1. The van der Waals surface area contributed by atoms with Crippen LogP contribution in [0.15, 0.2) is 48.7 Å². The average Bonchev–Trinajstić information content (AvgIpc) is 2.96. The van der Waals surface area contributed by atoms with Gasteiger partial charge in [-0.25, -0.2) is 4.68 Å². The topological polar surface area (TPSA) is 59.0 Å². The first kappa shape index (κ1) is 16.2. The summed E-state index contributed by atoms with van der Waals surface area (Å²) in [6, 6.07) is 14.4. The normalized spacial score (nSPS) is 12.3. The minimum absolute atomic E-state index is 0.0256. The van der Waals surface area contributed by atoms with E-state index >= 15 is 0 Å². The van der Waals surface area contributed by atoms with Crippen molar-refractivity contribution in [2.24, 2.45) is 0 Å². The Labute approximate surface area is 141 Å². The second-order valence-electron chi connectivity index (χ2n) is 5.91. The first-order valence-electron chi connectivity index (χ1n) is 8.08. The minimum Gasteiger partial charge on any atom is -0.348 e. The zero-order chi connectivity index (χ0) is 17.1. The van der Waals surface area contributed by atoms with Crippen molar-refractivity contribution in [1.29, 1.82) is 0 Å². The lowest BCUT2D eigenvalue weighted by atomic mass is 10.1. The maximum absolute atomic E-state index is 11.8. The number of hydrogen-bond acceptors (Lipinski definition) is 3. The molecule has 0 radical (unpaired) electrons. The maximum atomic E-state index is 11.8. The number of carbonyl (C=O) groups is 1. The van der Waals surface area contributed by atoms with E-state index in [0.717, 1.165) is 22.3 Å². The number of fused-ring (bicyclic) bond motifs is 1. The number of hydrogen-bond donors (Lipinski definition) is 2. The molecule has 24 heavy (non-hydrogen) atoms. The molecule has 0 spiro atoms. The largest absolute Gasteiger partial charge is 0.348 e. The third kappa shape index (κ3) is 3.03. The van der Waals surface area contributed by atoms with Gasteiger partial charge in [0.2, 0.25) is 5.91 Å². The number of carbonyl (C=O) groups excluding carboxylic acids is 1. The highest BCUT2D eigenvalue weighted by Crippen LogP contribution is 2.25. The van der Waals surface area contributed by atoms with E-state index < -0.39 is 0 Å². The molecule has 2 aromatic carbocycles. The number of aromatic nitrogens is 2. The molecule has 5 nitrogen and oxygen atoms in total. The van der Waals surface area contributed by atoms with Crippen LogP contribution in [0, 0.1) is 6.92 Å². The molecule has 1 atom stereocenters. The molecule has 0 bridgehead atoms. The second kappa shape index (κ2) is 6.84. The van der Waals surface area contributed by atoms with Crippen molar-refractivity contribution in [3.63, 3.8) is 0 Å². The molecule has 0 aliphatic rings. The molecule has 1 amide bonds. The van der Waals surface area contributed by atoms with Gasteiger partial charge in [-0.3, -0.25) is 4.79 Å². The van der Waals surface area contributed by atoms with Crippen LogP contribution in [-0.4, -0.2) is 29.3 Å². The van der Waals surface area contributed by atoms with Crippen LogP contribution < -0.4 is 10.6 Å². The first-order chi connectivity index (χ1) is 11.6. The fourth-order valence-electron chi connectivity index (χ4n) is 3.01. The fourth-order valence-corrected chi connectivity index (χ4v) is 3.01. The van der Waals surface area contributed by atoms with Gasteiger partial charge >= 0.3 is 0 Å². The number of likely N-dealkylation sites (N-methyl/N-ethyl adjacent to an activating group) is 1. The lowest BCUT2D eigenvalue weighted by Crippen LogP contribution is -2.34. The van der Waals surface area contributed by atoms with Crippen molar-refractivity contribution >= 4 is 16.7 Å². The molecule has 3 rings (SSSR count). The van der Waals surface area contributed by atoms with Crippen LogP contribution in [0.2, 0.25) is 0 Å². The summed E-state index contributed by atoms with van der Waals surface area (Å²) in [4.78, 5) is 11.8. The van der Waals surface area contributed by atoms with Crippen LogP contribution in [-0.2, 0) is 4.79 Å². The van der Waals surface area contributed by atoms with Crippen LogP contribution in [0.5, 0.6) is 0 Å². The molecular formula is C19H22N4O. The van der Waals surface area contributed by atoms with E-state index in [9.17, 15) is 4.79 Å². The van der Waals surface area contributed by atoms with Crippen molar-refractivity contribution in [2.75, 3.05) is 13.6 Å². The van der Waals surface area contributed by atoms with Gasteiger partial charge in [0.25, 0.3) is 0 Å². The quantitative estimate of drug-likeness (QED) is 0.759. The Balaban J connectivity index is 1.96. The summed E-state index contributed by atoms with van der Waals surface area (Å²) in [6.45, 7) is 4.32. The molecule has 2 N–H and O–H groups in total. The monoisotopic (exact) mass is 322 g/mol. The zero-order valence-electron chi connectivity index (χ0n) is 14.2. The van der Waals surface area contributed by atoms with Crippen LogP contribution in [0.1, 0.15) is 24.2 Å². The van der Waals surface area contributed by atoms with Crippen molar-refractivity contribution in [3.05, 3.63) is 59.9 Å². The van der Waals surface area contributed by atoms with Crippen molar-refractivity contribution < 1.29 is 4.79 Å². The van der Waals surface area contributed by atoms with Gasteiger partial charge in [0, 0.05) is 16.6 Å². The zero-order valence-corrected chi connectivity index (χ0v) is 14.2. The number of rotatable bonds is 5. The Morgan fingerprint density at radius 3 is 2.75 bits per heavy atom. The van der Waals surface area contributed by atoms with Crippen LogP contribution >= 0.6 is 0 Å². The Morgan fingerprint density at radius 1 is 1.21 bits per heavy atom. The molecule has 0 saturated heterocycles. The van der Waals surface area contributed by atoms with Gasteiger partial charge < -0.3 is 10.6 Å². The van der Waals surface area contributed by atoms with Gasteiger partial charge in [0.1, 0.15) is 0 Å². The van der Waals surface area contributed by atoms with E-state index in [2.05, 4.69) is 40.0 Å². The summed E-state index contributed by atoms with van der Waals surface area (Å²) in [5.74, 6) is -0.0256. The minimum atomic E-state index is -0.0884. The van der Waals surface area contributed by atoms with Crippen molar-refractivity contribution in [2.45, 2.75) is 19.9 Å². The molecule has 0 fully saturated rings. The number of benzene rings is 2. The Bertz CT molecular complexity index is 863. The highest BCUT2D eigenvalue weighted by molar-refractivity contribution is 5.90. The summed E-state index contributed by atoms with van der Waals surface area (Å²) in [7, 11) is 1.76. The van der Waals surface area contributed by atoms with E-state index in [1.165, 1.54) is 5.39 Å². The van der Waals surface area contributed by atoms with Crippen LogP contribution in [0.4, 0.5) is 0 Å². The molecule has 3 aromatic rings. The molecular weight excluding hydrogens is 300 g/mol. The smallest absolute Gasteiger partial charge is 0.234 e. The third-order valence-corrected chi connectivity index (χ3v) is 4.22. The number of nitrogens with one attached hydrogen (secondary N) is 2. The molecule has 124 valence electrons. The number of nitrogens with zero attached hydrogens (tertiary/aromatic N) is 2. The van der Waals surface area contributed by atoms with E-state index in [1.54, 1.807) is 7.05 Å². The fraction of sp³-hybridized carbons (Fsp3) is 0.263. The van der Waals surface area contributed by atoms with E-state index in [4.69, 9.17) is 0 Å². The van der Waals surface area contributed by atoms with Gasteiger partial charge in [-0.05, 0) is 32.3 Å². The first-order valence-corrected chi connectivity index (χ1v) is 8.08. The van der Waals surface area contributed by atoms with Gasteiger partial charge in [-0.2, -0.15) is 5.10 Å². The van der Waals surface area contributed by atoms with Gasteiger partial charge in [-0.15, -0.1) is 0 Å². The molecule has 1 aromatic heterocycles. The maximum Gasteiger partial charge on any atom is 0.234 e. The predicted molar refractivity (Wildman–Crippen MR) is 96.3 cm³/mol. The molecule has 0 saturated carbocycles. The predicted octanol–water partition coefficient (Wildman–Crippen LogP) is 2.73. The standard InChI is InChI=1S/C19H22N4O/c1-13(22-19(24)12-20-3)17-11-21-23(14(17)2)18-10-6-8-15-7-4-5-9-16(15)18/h4-11,13,20H,12H2,1-3H3,(H,22,24)/t13-/m0/s1. The van der Waals surface area contributed by atoms with Crippen LogP contribution in [0.3, 0.4) is 0 Å². The highest BCUT2D eigenvalue weighted by atomic mass is 16.1. The highest BCUT2D eigenvalue weighted by Gasteiger charge is 2.16. The van der Waals surface area contributed by atoms with E-state index in [1.807, 2.05) is 42.9 Å². The molecule has 1 heterocycles. The Hall–Kier alpha value is -2.66. The molecule has 0 unspecified atom stereocenters. The summed E-state index contributed by atoms with van der Waals surface area (Å²) < 4.78 is 1.94. The van der Waals surface area contributed by atoms with Gasteiger partial charge in [0.15, 0.2) is 0 Å². The van der Waals surface area contributed by atoms with Gasteiger partial charge in [-0.1, -0.05) is 36.4 Å². The van der Waals surface area contributed by atoms with Crippen molar-refractivity contribution in [1.82, 2.24) is 20.4 Å². The second-order valence-corrected chi connectivity index (χ2v) is 5.91. The van der Waals surface area contributed by atoms with Gasteiger partial charge in [0.05, 0.1) is 24.5 Å². The average molecular weight is 322 g/mol. The summed E-state index contributed by atoms with van der Waals surface area (Å²) in [5, 5.41) is 12.7. The van der Waals surface area contributed by atoms with E-state index in [-0.39, 0.29) is 11.9 Å². The molecule has 5 heteroatoms. The Kier molecular flexibility index (Phi) is 4.62. The van der Waals surface area contributed by atoms with Crippen LogP contribution in [0.25, 0.3) is 16.5 Å². The summed E-state index contributed by atoms with van der Waals surface area (Å²) >= 11 is 0. The summed E-state index contributed by atoms with van der Waals surface area (Å²) in [6.07, 6.45) is 1.83.